The second-order valence-corrected chi connectivity index (χ2v) is 4.75. The third kappa shape index (κ3) is 4.33. The van der Waals surface area contributed by atoms with E-state index in [2.05, 4.69) is 0 Å². The highest BCUT2D eigenvalue weighted by atomic mass is 32.2. The Labute approximate surface area is 89.9 Å². The molecule has 1 heterocycles. The van der Waals surface area contributed by atoms with E-state index >= 15 is 0 Å². The molecule has 0 saturated carbocycles. The van der Waals surface area contributed by atoms with Crippen molar-refractivity contribution < 1.29 is 9.90 Å². The molecule has 82 valence electrons. The highest BCUT2D eigenvalue weighted by Gasteiger charge is 2.15. The van der Waals surface area contributed by atoms with E-state index in [1.165, 1.54) is 6.42 Å². The number of hydrogen-bond acceptors (Lipinski definition) is 3. The van der Waals surface area contributed by atoms with Crippen LogP contribution in [0.15, 0.2) is 0 Å². The zero-order valence-electron chi connectivity index (χ0n) is 8.57. The zero-order chi connectivity index (χ0) is 10.2. The lowest BCUT2D eigenvalue weighted by molar-refractivity contribution is -0.130. The summed E-state index contributed by atoms with van der Waals surface area (Å²) in [6, 6.07) is 0. The molecule has 1 fully saturated rings. The number of thioether (sulfide) groups is 1. The van der Waals surface area contributed by atoms with E-state index in [4.69, 9.17) is 5.11 Å². The van der Waals surface area contributed by atoms with Crippen LogP contribution in [0, 0.1) is 0 Å². The second-order valence-electron chi connectivity index (χ2n) is 3.53. The smallest absolute Gasteiger partial charge is 0.222 e. The van der Waals surface area contributed by atoms with Crippen molar-refractivity contribution in [2.45, 2.75) is 25.7 Å². The molecule has 0 aromatic heterocycles. The number of carbonyl (C=O) groups is 1. The van der Waals surface area contributed by atoms with Gasteiger partial charge < -0.3 is 10.0 Å². The van der Waals surface area contributed by atoms with Crippen molar-refractivity contribution >= 4 is 17.7 Å². The predicted molar refractivity (Wildman–Crippen MR) is 59.5 cm³/mol. The average molecular weight is 217 g/mol. The summed E-state index contributed by atoms with van der Waals surface area (Å²) in [6.45, 7) is 2.01. The number of aliphatic hydroxyl groups is 1. The fourth-order valence-electron chi connectivity index (χ4n) is 1.62. The van der Waals surface area contributed by atoms with Crippen molar-refractivity contribution in [2.75, 3.05) is 31.2 Å². The van der Waals surface area contributed by atoms with Crippen molar-refractivity contribution in [1.29, 1.82) is 0 Å². The van der Waals surface area contributed by atoms with Gasteiger partial charge in [-0.15, -0.1) is 0 Å². The Balaban J connectivity index is 2.16. The monoisotopic (exact) mass is 217 g/mol. The molecule has 3 nitrogen and oxygen atoms in total. The Hall–Kier alpha value is -0.220. The number of amides is 1. The highest BCUT2D eigenvalue weighted by molar-refractivity contribution is 7.99. The normalized spacial score (nSPS) is 18.4. The number of rotatable bonds is 5. The quantitative estimate of drug-likeness (QED) is 0.701. The minimum Gasteiger partial charge on any atom is -0.396 e. The van der Waals surface area contributed by atoms with E-state index in [-0.39, 0.29) is 6.61 Å². The van der Waals surface area contributed by atoms with Crippen molar-refractivity contribution in [2.24, 2.45) is 0 Å². The first kappa shape index (κ1) is 11.9. The van der Waals surface area contributed by atoms with Crippen LogP contribution in [0.25, 0.3) is 0 Å². The maximum absolute atomic E-state index is 11.5. The molecule has 4 heteroatoms. The molecule has 0 radical (unpaired) electrons. The minimum absolute atomic E-state index is 0.235. The van der Waals surface area contributed by atoms with Gasteiger partial charge in [-0.3, -0.25) is 4.79 Å². The predicted octanol–water partition coefficient (Wildman–Crippen LogP) is 1.11. The second kappa shape index (κ2) is 7.12. The molecule has 0 bridgehead atoms. The van der Waals surface area contributed by atoms with E-state index in [1.807, 2.05) is 4.90 Å². The summed E-state index contributed by atoms with van der Waals surface area (Å²) in [5, 5.41) is 8.60. The molecule has 1 amide bonds. The summed E-state index contributed by atoms with van der Waals surface area (Å²) in [6.07, 6.45) is 4.12. The van der Waals surface area contributed by atoms with E-state index in [1.54, 1.807) is 11.8 Å². The van der Waals surface area contributed by atoms with E-state index < -0.39 is 0 Å². The molecule has 0 aromatic carbocycles. The lowest BCUT2D eigenvalue weighted by Crippen LogP contribution is -2.32. The molecule has 0 unspecified atom stereocenters. The molecule has 0 spiro atoms. The van der Waals surface area contributed by atoms with Gasteiger partial charge in [0, 0.05) is 31.0 Å². The Morgan fingerprint density at radius 2 is 2.14 bits per heavy atom. The number of nitrogens with zero attached hydrogens (tertiary/aromatic N) is 1. The molecule has 0 aliphatic carbocycles. The van der Waals surface area contributed by atoms with Gasteiger partial charge in [-0.1, -0.05) is 6.42 Å². The summed E-state index contributed by atoms with van der Waals surface area (Å²) < 4.78 is 0. The van der Waals surface area contributed by atoms with Crippen LogP contribution in [0.4, 0.5) is 0 Å². The third-order valence-electron chi connectivity index (χ3n) is 2.41. The molecule has 14 heavy (non-hydrogen) atoms. The van der Waals surface area contributed by atoms with Crippen LogP contribution in [0.5, 0.6) is 0 Å². The van der Waals surface area contributed by atoms with Gasteiger partial charge in [-0.2, -0.15) is 11.8 Å². The van der Waals surface area contributed by atoms with Gasteiger partial charge in [-0.25, -0.2) is 0 Å². The van der Waals surface area contributed by atoms with Gasteiger partial charge in [0.2, 0.25) is 5.91 Å². The van der Waals surface area contributed by atoms with Gasteiger partial charge in [0.05, 0.1) is 6.61 Å². The molecule has 1 N–H and O–H groups in total. The topological polar surface area (TPSA) is 40.5 Å². The number of carbonyl (C=O) groups excluding carboxylic acids is 1. The van der Waals surface area contributed by atoms with Crippen molar-refractivity contribution in [3.63, 3.8) is 0 Å². The van der Waals surface area contributed by atoms with Crippen LogP contribution < -0.4 is 0 Å². The zero-order valence-corrected chi connectivity index (χ0v) is 9.39. The van der Waals surface area contributed by atoms with Gasteiger partial charge in [0.25, 0.3) is 0 Å². The summed E-state index contributed by atoms with van der Waals surface area (Å²) in [5.74, 6) is 2.04. The van der Waals surface area contributed by atoms with Crippen molar-refractivity contribution in [1.82, 2.24) is 4.90 Å². The Morgan fingerprint density at radius 1 is 1.29 bits per heavy atom. The van der Waals surface area contributed by atoms with Crippen LogP contribution in [0.3, 0.4) is 0 Å². The Bertz CT molecular complexity index is 176. The number of likely N-dealkylation sites (tertiary alicyclic amines) is 1. The maximum atomic E-state index is 11.5. The summed E-state index contributed by atoms with van der Waals surface area (Å²) >= 11 is 1.71. The first-order valence-electron chi connectivity index (χ1n) is 5.31. The molecule has 1 saturated heterocycles. The standard InChI is InChI=1S/C10H19NO2S/c12-7-9-14-8-6-11-5-3-1-2-4-10(11)13/h12H,1-9H2. The maximum Gasteiger partial charge on any atom is 0.222 e. The molecule has 1 aliphatic rings. The average Bonchev–Trinajstić information content (AvgIpc) is 2.39. The van der Waals surface area contributed by atoms with E-state index in [0.29, 0.717) is 5.91 Å². The molecular formula is C10H19NO2S. The van der Waals surface area contributed by atoms with Crippen LogP contribution in [0.2, 0.25) is 0 Å². The van der Waals surface area contributed by atoms with E-state index in [9.17, 15) is 4.79 Å². The first-order chi connectivity index (χ1) is 6.84. The van der Waals surface area contributed by atoms with Crippen LogP contribution in [-0.4, -0.2) is 47.1 Å². The SMILES string of the molecule is O=C1CCCCCN1CCSCCO. The first-order valence-corrected chi connectivity index (χ1v) is 6.46. The van der Waals surface area contributed by atoms with Gasteiger partial charge in [0.1, 0.15) is 0 Å². The largest absolute Gasteiger partial charge is 0.396 e. The molecule has 1 rings (SSSR count). The number of hydrogen-bond donors (Lipinski definition) is 1. The fourth-order valence-corrected chi connectivity index (χ4v) is 2.30. The molecule has 1 aliphatic heterocycles. The fraction of sp³-hybridized carbons (Fsp3) is 0.900. The summed E-state index contributed by atoms with van der Waals surface area (Å²) in [7, 11) is 0. The Morgan fingerprint density at radius 3 is 2.93 bits per heavy atom. The minimum atomic E-state index is 0.235. The van der Waals surface area contributed by atoms with Gasteiger partial charge in [0.15, 0.2) is 0 Å². The Kier molecular flexibility index (Phi) is 6.03. The summed E-state index contributed by atoms with van der Waals surface area (Å²) in [5.41, 5.74) is 0. The van der Waals surface area contributed by atoms with Crippen molar-refractivity contribution in [3.8, 4) is 0 Å². The van der Waals surface area contributed by atoms with Gasteiger partial charge in [-0.05, 0) is 12.8 Å². The highest BCUT2D eigenvalue weighted by Crippen LogP contribution is 2.11. The van der Waals surface area contributed by atoms with Crippen LogP contribution >= 0.6 is 11.8 Å². The molecular weight excluding hydrogens is 198 g/mol. The van der Waals surface area contributed by atoms with Crippen LogP contribution in [0.1, 0.15) is 25.7 Å². The third-order valence-corrected chi connectivity index (χ3v) is 3.36. The van der Waals surface area contributed by atoms with Gasteiger partial charge >= 0.3 is 0 Å². The molecule has 0 atom stereocenters. The lowest BCUT2D eigenvalue weighted by atomic mass is 10.2. The van der Waals surface area contributed by atoms with Crippen molar-refractivity contribution in [3.05, 3.63) is 0 Å². The molecule has 0 aromatic rings. The van der Waals surface area contributed by atoms with Crippen LogP contribution in [-0.2, 0) is 4.79 Å². The van der Waals surface area contributed by atoms with E-state index in [0.717, 1.165) is 43.9 Å². The number of aliphatic hydroxyl groups excluding tert-OH is 1. The summed E-state index contributed by atoms with van der Waals surface area (Å²) in [4.78, 5) is 13.5. The lowest BCUT2D eigenvalue weighted by Gasteiger charge is -2.19.